The first kappa shape index (κ1) is 11.7. The van der Waals surface area contributed by atoms with Gasteiger partial charge in [0.2, 0.25) is 0 Å². The van der Waals surface area contributed by atoms with Crippen LogP contribution in [0, 0.1) is 6.92 Å². The predicted octanol–water partition coefficient (Wildman–Crippen LogP) is 4.22. The molecular weight excluding hydrogens is 234 g/mol. The summed E-state index contributed by atoms with van der Waals surface area (Å²) in [5.41, 5.74) is 4.56. The van der Waals surface area contributed by atoms with Crippen molar-refractivity contribution < 1.29 is 4.74 Å². The van der Waals surface area contributed by atoms with Gasteiger partial charge < -0.3 is 4.74 Å². The molecule has 1 heterocycles. The standard InChI is InChI=1S/C17H15NO/c1-12-11-13(7-8-17(12)19-2)14-9-10-18-16-6-4-3-5-15(14)16/h3-11H,1-2H3. The van der Waals surface area contributed by atoms with E-state index in [1.807, 2.05) is 30.5 Å². The largest absolute Gasteiger partial charge is 0.496 e. The summed E-state index contributed by atoms with van der Waals surface area (Å²) < 4.78 is 5.31. The minimum atomic E-state index is 0.919. The second kappa shape index (κ2) is 4.73. The molecule has 0 amide bonds. The lowest BCUT2D eigenvalue weighted by Crippen LogP contribution is -1.89. The van der Waals surface area contributed by atoms with Crippen molar-refractivity contribution >= 4 is 10.9 Å². The Morgan fingerprint density at radius 3 is 2.63 bits per heavy atom. The zero-order valence-electron chi connectivity index (χ0n) is 11.1. The van der Waals surface area contributed by atoms with Crippen LogP contribution in [0.1, 0.15) is 5.56 Å². The van der Waals surface area contributed by atoms with Crippen LogP contribution in [0.2, 0.25) is 0 Å². The summed E-state index contributed by atoms with van der Waals surface area (Å²) in [4.78, 5) is 4.40. The minimum Gasteiger partial charge on any atom is -0.496 e. The van der Waals surface area contributed by atoms with Gasteiger partial charge in [0.15, 0.2) is 0 Å². The summed E-state index contributed by atoms with van der Waals surface area (Å²) in [5.74, 6) is 0.919. The topological polar surface area (TPSA) is 22.1 Å². The van der Waals surface area contributed by atoms with E-state index in [1.54, 1.807) is 7.11 Å². The number of benzene rings is 2. The van der Waals surface area contributed by atoms with Crippen LogP contribution in [0.3, 0.4) is 0 Å². The third kappa shape index (κ3) is 2.06. The predicted molar refractivity (Wildman–Crippen MR) is 78.5 cm³/mol. The maximum absolute atomic E-state index is 5.31. The van der Waals surface area contributed by atoms with Crippen LogP contribution in [0.25, 0.3) is 22.0 Å². The normalized spacial score (nSPS) is 10.6. The van der Waals surface area contributed by atoms with E-state index in [-0.39, 0.29) is 0 Å². The first-order chi connectivity index (χ1) is 9.29. The number of para-hydroxylation sites is 1. The van der Waals surface area contributed by atoms with E-state index in [2.05, 4.69) is 36.2 Å². The van der Waals surface area contributed by atoms with E-state index < -0.39 is 0 Å². The van der Waals surface area contributed by atoms with Gasteiger partial charge in [0.1, 0.15) is 5.75 Å². The summed E-state index contributed by atoms with van der Waals surface area (Å²) in [5, 5.41) is 1.18. The Kier molecular flexibility index (Phi) is 2.92. The summed E-state index contributed by atoms with van der Waals surface area (Å²) in [6.07, 6.45) is 1.86. The van der Waals surface area contributed by atoms with Crippen molar-refractivity contribution in [3.63, 3.8) is 0 Å². The Bertz CT molecular complexity index is 729. The van der Waals surface area contributed by atoms with Gasteiger partial charge in [-0.25, -0.2) is 0 Å². The highest BCUT2D eigenvalue weighted by atomic mass is 16.5. The van der Waals surface area contributed by atoms with Crippen molar-refractivity contribution in [3.8, 4) is 16.9 Å². The lowest BCUT2D eigenvalue weighted by atomic mass is 9.99. The number of pyridine rings is 1. The molecule has 3 rings (SSSR count). The van der Waals surface area contributed by atoms with Crippen molar-refractivity contribution in [3.05, 3.63) is 60.3 Å². The van der Waals surface area contributed by atoms with Gasteiger partial charge in [0, 0.05) is 11.6 Å². The van der Waals surface area contributed by atoms with Crippen LogP contribution >= 0.6 is 0 Å². The summed E-state index contributed by atoms with van der Waals surface area (Å²) in [7, 11) is 1.70. The van der Waals surface area contributed by atoms with Gasteiger partial charge in [-0.3, -0.25) is 4.98 Å². The average Bonchev–Trinajstić information content (AvgIpc) is 2.46. The van der Waals surface area contributed by atoms with Crippen molar-refractivity contribution in [1.82, 2.24) is 4.98 Å². The van der Waals surface area contributed by atoms with Gasteiger partial charge in [-0.05, 0) is 47.9 Å². The smallest absolute Gasteiger partial charge is 0.121 e. The van der Waals surface area contributed by atoms with Crippen LogP contribution in [0.5, 0.6) is 5.75 Å². The fraction of sp³-hybridized carbons (Fsp3) is 0.118. The molecule has 0 unspecified atom stereocenters. The molecule has 2 heteroatoms. The maximum atomic E-state index is 5.31. The van der Waals surface area contributed by atoms with E-state index in [1.165, 1.54) is 16.5 Å². The molecule has 0 aliphatic heterocycles. The highest BCUT2D eigenvalue weighted by molar-refractivity contribution is 5.94. The fourth-order valence-corrected chi connectivity index (χ4v) is 2.39. The van der Waals surface area contributed by atoms with Gasteiger partial charge in [-0.2, -0.15) is 0 Å². The molecule has 0 bridgehead atoms. The summed E-state index contributed by atoms with van der Waals surface area (Å²) >= 11 is 0. The number of aryl methyl sites for hydroxylation is 1. The van der Waals surface area contributed by atoms with Crippen LogP contribution in [-0.4, -0.2) is 12.1 Å². The first-order valence-corrected chi connectivity index (χ1v) is 6.28. The Balaban J connectivity index is 2.22. The van der Waals surface area contributed by atoms with Crippen molar-refractivity contribution in [1.29, 1.82) is 0 Å². The van der Waals surface area contributed by atoms with Gasteiger partial charge >= 0.3 is 0 Å². The van der Waals surface area contributed by atoms with Crippen LogP contribution < -0.4 is 4.74 Å². The molecule has 0 radical (unpaired) electrons. The molecule has 94 valence electrons. The average molecular weight is 249 g/mol. The molecule has 0 fully saturated rings. The first-order valence-electron chi connectivity index (χ1n) is 6.28. The number of nitrogens with zero attached hydrogens (tertiary/aromatic N) is 1. The van der Waals surface area contributed by atoms with Crippen LogP contribution in [0.15, 0.2) is 54.7 Å². The minimum absolute atomic E-state index is 0.919. The number of rotatable bonds is 2. The van der Waals surface area contributed by atoms with Crippen molar-refractivity contribution in [2.24, 2.45) is 0 Å². The third-order valence-electron chi connectivity index (χ3n) is 3.35. The Hall–Kier alpha value is -2.35. The van der Waals surface area contributed by atoms with Gasteiger partial charge in [-0.1, -0.05) is 24.3 Å². The van der Waals surface area contributed by atoms with Gasteiger partial charge in [0.05, 0.1) is 12.6 Å². The lowest BCUT2D eigenvalue weighted by molar-refractivity contribution is 0.412. The van der Waals surface area contributed by atoms with Gasteiger partial charge in [-0.15, -0.1) is 0 Å². The molecule has 0 saturated carbocycles. The zero-order valence-corrected chi connectivity index (χ0v) is 11.1. The summed E-state index contributed by atoms with van der Waals surface area (Å²) in [6.45, 7) is 2.06. The number of fused-ring (bicyclic) bond motifs is 1. The fourth-order valence-electron chi connectivity index (χ4n) is 2.39. The van der Waals surface area contributed by atoms with Crippen LogP contribution in [0.4, 0.5) is 0 Å². The highest BCUT2D eigenvalue weighted by Crippen LogP contribution is 2.30. The lowest BCUT2D eigenvalue weighted by Gasteiger charge is -2.09. The third-order valence-corrected chi connectivity index (χ3v) is 3.35. The second-order valence-electron chi connectivity index (χ2n) is 4.56. The number of hydrogen-bond donors (Lipinski definition) is 0. The molecule has 0 saturated heterocycles. The number of hydrogen-bond acceptors (Lipinski definition) is 2. The van der Waals surface area contributed by atoms with E-state index in [9.17, 15) is 0 Å². The molecule has 19 heavy (non-hydrogen) atoms. The molecule has 0 aliphatic rings. The monoisotopic (exact) mass is 249 g/mol. The Labute approximate surface area is 112 Å². The van der Waals surface area contributed by atoms with Crippen LogP contribution in [-0.2, 0) is 0 Å². The number of methoxy groups -OCH3 is 1. The quantitative estimate of drug-likeness (QED) is 0.678. The van der Waals surface area contributed by atoms with E-state index in [4.69, 9.17) is 4.74 Å². The Morgan fingerprint density at radius 1 is 1.00 bits per heavy atom. The molecular formula is C17H15NO. The SMILES string of the molecule is COc1ccc(-c2ccnc3ccccc23)cc1C. The molecule has 0 N–H and O–H groups in total. The van der Waals surface area contributed by atoms with E-state index >= 15 is 0 Å². The molecule has 3 aromatic rings. The summed E-state index contributed by atoms with van der Waals surface area (Å²) in [6, 6.07) is 16.5. The molecule has 2 nitrogen and oxygen atoms in total. The molecule has 0 atom stereocenters. The van der Waals surface area contributed by atoms with Gasteiger partial charge in [0.25, 0.3) is 0 Å². The molecule has 2 aromatic carbocycles. The van der Waals surface area contributed by atoms with Crippen molar-refractivity contribution in [2.45, 2.75) is 6.92 Å². The molecule has 0 spiro atoms. The maximum Gasteiger partial charge on any atom is 0.121 e. The second-order valence-corrected chi connectivity index (χ2v) is 4.56. The molecule has 1 aromatic heterocycles. The van der Waals surface area contributed by atoms with E-state index in [0.717, 1.165) is 16.8 Å². The Morgan fingerprint density at radius 2 is 1.84 bits per heavy atom. The number of ether oxygens (including phenoxy) is 1. The zero-order chi connectivity index (χ0) is 13.2. The number of aromatic nitrogens is 1. The van der Waals surface area contributed by atoms with E-state index in [0.29, 0.717) is 0 Å². The van der Waals surface area contributed by atoms with Crippen molar-refractivity contribution in [2.75, 3.05) is 7.11 Å². The highest BCUT2D eigenvalue weighted by Gasteiger charge is 2.06. The molecule has 0 aliphatic carbocycles.